The fraction of sp³-hybridized carbons (Fsp3) is 0.423. The Bertz CT molecular complexity index is 4810. The molecular formula is C71H90ClN8O22S4+. The van der Waals surface area contributed by atoms with Crippen LogP contribution in [0.1, 0.15) is 133 Å². The van der Waals surface area contributed by atoms with Crippen molar-refractivity contribution in [2.24, 2.45) is 0 Å². The molecule has 0 radical (unpaired) electrons. The lowest BCUT2D eigenvalue weighted by atomic mass is 9.81. The normalized spacial score (nSPS) is 15.4. The number of carbonyl (C=O) groups is 5. The second-order valence-corrected chi connectivity index (χ2v) is 32.7. The number of hydrogen-bond acceptors (Lipinski definition) is 18. The molecule has 0 saturated carbocycles. The minimum absolute atomic E-state index is 0.00639. The van der Waals surface area contributed by atoms with Crippen molar-refractivity contribution in [2.45, 2.75) is 150 Å². The molecule has 7 rings (SSSR count). The van der Waals surface area contributed by atoms with Crippen LogP contribution < -0.4 is 51.3 Å². The second-order valence-electron chi connectivity index (χ2n) is 26.2. The monoisotopic (exact) mass is 1570 g/mol. The van der Waals surface area contributed by atoms with Crippen molar-refractivity contribution >= 4 is 105 Å². The molecule has 4 aromatic carbocycles. The van der Waals surface area contributed by atoms with Gasteiger partial charge in [0.2, 0.25) is 23.4 Å². The molecular weight excluding hydrogens is 1480 g/mol. The molecule has 2 aliphatic heterocycles. The first-order valence-corrected chi connectivity index (χ1v) is 40.2. The van der Waals surface area contributed by atoms with Gasteiger partial charge in [0.05, 0.1) is 54.0 Å². The summed E-state index contributed by atoms with van der Waals surface area (Å²) < 4.78 is 159. The van der Waals surface area contributed by atoms with Gasteiger partial charge in [0.15, 0.2) is 27.6 Å². The zero-order valence-corrected chi connectivity index (χ0v) is 63.8. The molecule has 106 heavy (non-hydrogen) atoms. The molecule has 30 nitrogen and oxygen atoms in total. The molecule has 5 aromatic rings. The van der Waals surface area contributed by atoms with E-state index in [2.05, 4.69) is 21.3 Å². The Labute approximate surface area is 621 Å². The molecule has 1 aromatic heterocycles. The lowest BCUT2D eigenvalue weighted by Crippen LogP contribution is -2.52. The van der Waals surface area contributed by atoms with Gasteiger partial charge in [0.1, 0.15) is 18.5 Å². The van der Waals surface area contributed by atoms with Gasteiger partial charge in [0.25, 0.3) is 46.0 Å². The van der Waals surface area contributed by atoms with Crippen molar-refractivity contribution in [2.75, 3.05) is 63.3 Å². The van der Waals surface area contributed by atoms with Crippen LogP contribution in [0.3, 0.4) is 0 Å². The molecule has 2 aliphatic rings. The van der Waals surface area contributed by atoms with Crippen molar-refractivity contribution in [3.8, 4) is 17.2 Å². The third-order valence-corrected chi connectivity index (χ3v) is 22.2. The highest BCUT2D eigenvalue weighted by molar-refractivity contribution is 7.87. The summed E-state index contributed by atoms with van der Waals surface area (Å²) >= 11 is 6.59. The van der Waals surface area contributed by atoms with Crippen LogP contribution in [0.15, 0.2) is 136 Å². The van der Waals surface area contributed by atoms with Crippen LogP contribution in [-0.4, -0.2) is 165 Å². The Morgan fingerprint density at radius 2 is 1.31 bits per heavy atom. The number of benzene rings is 4. The number of aliphatic carboxylic acids is 1. The maximum atomic E-state index is 14.4. The number of hydrogen-bond donors (Lipinski definition) is 10. The van der Waals surface area contributed by atoms with Crippen LogP contribution in [0.5, 0.6) is 17.2 Å². The first kappa shape index (κ1) is 84.3. The van der Waals surface area contributed by atoms with E-state index < -0.39 is 123 Å². The van der Waals surface area contributed by atoms with Gasteiger partial charge in [-0.15, -0.1) is 0 Å². The lowest BCUT2D eigenvalue weighted by molar-refractivity contribution is -0.401. The molecule has 0 spiro atoms. The summed E-state index contributed by atoms with van der Waals surface area (Å²) in [5, 5.41) is 17.2. The third-order valence-electron chi connectivity index (χ3n) is 18.0. The number of carboxylic acid groups (broad SMARTS) is 1. The Kier molecular flexibility index (Phi) is 28.7. The molecule has 3 heterocycles. The standard InChI is InChI=1S/C71H89ClN8O22S4/c1-9-100-47-24-21-23-46(37-47)54(40-63(82)83)76-69(87)77-64-65(45(3)43-79(68(64)86)44-50-53(72)25-22-26-57(50)101-10-2)102-36-20-12-11-18-34-73-66(84)59(106(97,98)99)42-75-67(85)58(105(94,95)96)41-74-62(81)29-17-14-19-35-80-56-33-31-49(104(91,92)93)39-52(56)71(6,7)61(80)28-16-13-15-27-60-70(4,5)51-38-48(103(88,89)90)30-32-55(51)78(60)8/h13,15-16,21-28,30-33,37-39,43,54,58-59H,9-12,14,17-20,29,34-36,40-42,44H2,1-8H3,(H9-,73,74,75,76,77,81,82,83,84,85,87,88,89,90,91,92,93,94,95,96,97,98,99)/p+1/t54-,58?,59?/m0/s1. The van der Waals surface area contributed by atoms with E-state index in [4.69, 9.17) is 25.8 Å². The van der Waals surface area contributed by atoms with E-state index in [9.17, 15) is 85.8 Å². The van der Waals surface area contributed by atoms with E-state index >= 15 is 0 Å². The maximum absolute atomic E-state index is 14.4. The van der Waals surface area contributed by atoms with Gasteiger partial charge < -0.3 is 55.4 Å². The van der Waals surface area contributed by atoms with Gasteiger partial charge in [-0.2, -0.15) is 38.2 Å². The van der Waals surface area contributed by atoms with Crippen molar-refractivity contribution in [1.29, 1.82) is 0 Å². The number of urea groups is 1. The number of fused-ring (bicyclic) bond motifs is 2. The van der Waals surface area contributed by atoms with Gasteiger partial charge in [-0.05, 0) is 132 Å². The smallest absolute Gasteiger partial charge is 0.319 e. The fourth-order valence-electron chi connectivity index (χ4n) is 12.5. The second kappa shape index (κ2) is 36.1. The highest BCUT2D eigenvalue weighted by Gasteiger charge is 2.44. The Morgan fingerprint density at radius 3 is 1.96 bits per heavy atom. The van der Waals surface area contributed by atoms with Crippen LogP contribution in [0, 0.1) is 6.92 Å². The molecule has 0 fully saturated rings. The zero-order valence-electron chi connectivity index (χ0n) is 59.8. The SMILES string of the molecule is CCOc1cccc([C@H](CC(=O)O)NC(=O)Nc2c(OCCCCCCNC(=O)C(CNC(=O)C(CNC(=O)CCCCCN3/C(=C/C=C/C=C/C4=[N+](C)c5ccc(S(=O)(=O)O)cc5C4(C)C)C(C)(C)c4cc(S(=O)(=O)O)ccc43)S(=O)(=O)O)S(=O)(=O)O)c(C)cn(Cc3c(Cl)cccc3OCC)c2=O)c1. The quantitative estimate of drug-likeness (QED) is 0.00767. The number of unbranched alkanes of at least 4 members (excludes halogenated alkanes) is 5. The van der Waals surface area contributed by atoms with Crippen LogP contribution in [0.2, 0.25) is 5.02 Å². The third kappa shape index (κ3) is 21.9. The Morgan fingerprint density at radius 1 is 0.689 bits per heavy atom. The van der Waals surface area contributed by atoms with Gasteiger partial charge in [-0.1, -0.05) is 81.1 Å². The number of carbonyl (C=O) groups excluding carboxylic acids is 4. The van der Waals surface area contributed by atoms with E-state index in [0.29, 0.717) is 102 Å². The van der Waals surface area contributed by atoms with E-state index in [0.717, 1.165) is 17.1 Å². The zero-order chi connectivity index (χ0) is 78.3. The van der Waals surface area contributed by atoms with E-state index in [1.165, 1.54) is 35.0 Å². The topological polar surface area (TPSA) is 439 Å². The molecule has 10 N–H and O–H groups in total. The molecule has 576 valence electrons. The fourth-order valence-corrected chi connectivity index (χ4v) is 15.1. The number of aryl methyl sites for hydroxylation is 1. The highest BCUT2D eigenvalue weighted by atomic mass is 35.5. The van der Waals surface area contributed by atoms with Gasteiger partial charge in [-0.25, -0.2) is 4.79 Å². The van der Waals surface area contributed by atoms with E-state index in [-0.39, 0.29) is 60.2 Å². The van der Waals surface area contributed by atoms with Gasteiger partial charge in [-0.3, -0.25) is 42.2 Å². The summed E-state index contributed by atoms with van der Waals surface area (Å²) in [6.07, 6.45) is 12.5. The number of carboxylic acids is 1. The number of amides is 5. The van der Waals surface area contributed by atoms with Crippen molar-refractivity contribution in [1.82, 2.24) is 25.8 Å². The van der Waals surface area contributed by atoms with Crippen LogP contribution in [0.25, 0.3) is 0 Å². The Hall–Kier alpha value is -9.00. The number of rotatable bonds is 38. The van der Waals surface area contributed by atoms with E-state index in [1.807, 2.05) is 61.7 Å². The number of nitrogens with one attached hydrogen (secondary N) is 5. The summed E-state index contributed by atoms with van der Waals surface area (Å²) in [6, 6.07) is 18.2. The molecule has 0 bridgehead atoms. The summed E-state index contributed by atoms with van der Waals surface area (Å²) in [5.41, 5.74) is 3.21. The van der Waals surface area contributed by atoms with E-state index in [1.54, 1.807) is 93.6 Å². The number of aromatic nitrogens is 1. The average molecular weight is 1570 g/mol. The Balaban J connectivity index is 0.896. The van der Waals surface area contributed by atoms with Crippen LogP contribution in [-0.2, 0) is 77.0 Å². The van der Waals surface area contributed by atoms with Crippen molar-refractivity contribution in [3.05, 3.63) is 164 Å². The number of nitrogens with zero attached hydrogens (tertiary/aromatic N) is 3. The molecule has 35 heteroatoms. The summed E-state index contributed by atoms with van der Waals surface area (Å²) in [4.78, 5) is 81.1. The minimum Gasteiger partial charge on any atom is -0.494 e. The number of anilines is 2. The maximum Gasteiger partial charge on any atom is 0.319 e. The molecule has 3 atom stereocenters. The largest absolute Gasteiger partial charge is 0.494 e. The molecule has 0 saturated heterocycles. The number of pyridine rings is 1. The summed E-state index contributed by atoms with van der Waals surface area (Å²) in [7, 11) is -17.7. The number of halogens is 1. The molecule has 0 aliphatic carbocycles. The first-order valence-electron chi connectivity index (χ1n) is 33.9. The predicted octanol–water partition coefficient (Wildman–Crippen LogP) is 8.35. The predicted molar refractivity (Wildman–Crippen MR) is 397 cm³/mol. The van der Waals surface area contributed by atoms with Crippen LogP contribution in [0.4, 0.5) is 21.9 Å². The average Bonchev–Trinajstić information content (AvgIpc) is 1.59. The molecule has 2 unspecified atom stereocenters. The van der Waals surface area contributed by atoms with Crippen LogP contribution >= 0.6 is 11.6 Å². The van der Waals surface area contributed by atoms with Gasteiger partial charge >= 0.3 is 12.0 Å². The summed E-state index contributed by atoms with van der Waals surface area (Å²) in [5.74, 6) is -3.83. The first-order chi connectivity index (χ1) is 49.7. The summed E-state index contributed by atoms with van der Waals surface area (Å²) in [6.45, 7) is 11.5. The van der Waals surface area contributed by atoms with Crippen molar-refractivity contribution in [3.63, 3.8) is 0 Å². The lowest BCUT2D eigenvalue weighted by Gasteiger charge is -2.27. The number of ether oxygens (including phenoxy) is 3. The molecule has 5 amide bonds. The van der Waals surface area contributed by atoms with Crippen molar-refractivity contribution < 1.29 is 99.7 Å². The minimum atomic E-state index is -5.28. The number of allylic oxidation sites excluding steroid dienone is 6. The van der Waals surface area contributed by atoms with Gasteiger partial charge in [0, 0.05) is 89.5 Å². The highest BCUT2D eigenvalue weighted by Crippen LogP contribution is 2.49.